The number of hydrogen-bond donors (Lipinski definition) is 1. The molecule has 142 valence electrons. The van der Waals surface area contributed by atoms with Crippen LogP contribution in [0.5, 0.6) is 5.88 Å². The van der Waals surface area contributed by atoms with Crippen LogP contribution in [-0.4, -0.2) is 66.1 Å². The van der Waals surface area contributed by atoms with Crippen molar-refractivity contribution in [2.24, 2.45) is 5.92 Å². The van der Waals surface area contributed by atoms with Crippen LogP contribution in [0.15, 0.2) is 12.4 Å². The summed E-state index contributed by atoms with van der Waals surface area (Å²) < 4.78 is 5.20. The van der Waals surface area contributed by atoms with E-state index in [0.717, 1.165) is 70.5 Å². The highest BCUT2D eigenvalue weighted by atomic mass is 16.5. The molecule has 3 fully saturated rings. The van der Waals surface area contributed by atoms with Gasteiger partial charge in [0.1, 0.15) is 12.1 Å². The topological polar surface area (TPSA) is 70.6 Å². The largest absolute Gasteiger partial charge is 0.481 e. The van der Waals surface area contributed by atoms with Crippen LogP contribution >= 0.6 is 0 Å². The van der Waals surface area contributed by atoms with Crippen LogP contribution in [0.4, 0.5) is 5.82 Å². The normalized spacial score (nSPS) is 25.1. The van der Waals surface area contributed by atoms with Gasteiger partial charge in [0.25, 0.3) is 0 Å². The number of aromatic nitrogens is 2. The van der Waals surface area contributed by atoms with Crippen molar-refractivity contribution in [3.8, 4) is 5.88 Å². The number of carbonyl (C=O) groups is 1. The summed E-state index contributed by atoms with van der Waals surface area (Å²) in [4.78, 5) is 25.7. The molecule has 7 heteroatoms. The molecule has 0 bridgehead atoms. The maximum absolute atomic E-state index is 12.4. The van der Waals surface area contributed by atoms with E-state index < -0.39 is 0 Å². The average molecular weight is 359 g/mol. The first-order valence-electron chi connectivity index (χ1n) is 9.88. The first kappa shape index (κ1) is 17.5. The Morgan fingerprint density at radius 3 is 2.69 bits per heavy atom. The number of amides is 1. The maximum Gasteiger partial charge on any atom is 0.224 e. The van der Waals surface area contributed by atoms with Crippen LogP contribution in [-0.2, 0) is 4.79 Å². The van der Waals surface area contributed by atoms with Gasteiger partial charge in [0, 0.05) is 37.8 Å². The van der Waals surface area contributed by atoms with Crippen molar-refractivity contribution in [3.05, 3.63) is 12.4 Å². The standard InChI is InChI=1S/C19H29N5O2/c1-26-18-11-17(20-13-21-18)23-9-6-16(7-10-23)24-8-2-3-14(12-24)19(25)22-15-4-5-15/h11,13-16H,2-10,12H2,1H3,(H,22,25)/t14-/m0/s1. The number of rotatable bonds is 5. The smallest absolute Gasteiger partial charge is 0.224 e. The second kappa shape index (κ2) is 7.78. The van der Waals surface area contributed by atoms with Crippen LogP contribution in [0.25, 0.3) is 0 Å². The second-order valence-corrected chi connectivity index (χ2v) is 7.75. The van der Waals surface area contributed by atoms with Gasteiger partial charge in [0.05, 0.1) is 13.0 Å². The molecule has 4 rings (SSSR count). The van der Waals surface area contributed by atoms with Crippen molar-refractivity contribution in [2.75, 3.05) is 38.2 Å². The number of hydrogen-bond acceptors (Lipinski definition) is 6. The SMILES string of the molecule is COc1cc(N2CCC(N3CCC[C@H](C(=O)NC4CC4)C3)CC2)ncn1. The summed E-state index contributed by atoms with van der Waals surface area (Å²) in [6, 6.07) is 2.94. The van der Waals surface area contributed by atoms with Crippen molar-refractivity contribution in [3.63, 3.8) is 0 Å². The van der Waals surface area contributed by atoms with Crippen LogP contribution in [0, 0.1) is 5.92 Å². The Bertz CT molecular complexity index is 628. The molecule has 26 heavy (non-hydrogen) atoms. The number of methoxy groups -OCH3 is 1. The molecule has 0 spiro atoms. The first-order chi connectivity index (χ1) is 12.7. The van der Waals surface area contributed by atoms with E-state index in [2.05, 4.69) is 25.1 Å². The van der Waals surface area contributed by atoms with Crippen LogP contribution in [0.2, 0.25) is 0 Å². The molecule has 3 heterocycles. The van der Waals surface area contributed by atoms with Crippen molar-refractivity contribution in [1.29, 1.82) is 0 Å². The predicted molar refractivity (Wildman–Crippen MR) is 99.3 cm³/mol. The van der Waals surface area contributed by atoms with Gasteiger partial charge >= 0.3 is 0 Å². The van der Waals surface area contributed by atoms with Gasteiger partial charge in [-0.15, -0.1) is 0 Å². The summed E-state index contributed by atoms with van der Waals surface area (Å²) in [5.74, 6) is 2.00. The maximum atomic E-state index is 12.4. The fourth-order valence-electron chi connectivity index (χ4n) is 4.17. The number of nitrogens with zero attached hydrogens (tertiary/aromatic N) is 4. The first-order valence-corrected chi connectivity index (χ1v) is 9.88. The minimum Gasteiger partial charge on any atom is -0.481 e. The predicted octanol–water partition coefficient (Wildman–Crippen LogP) is 1.44. The van der Waals surface area contributed by atoms with E-state index in [9.17, 15) is 4.79 Å². The lowest BCUT2D eigenvalue weighted by Crippen LogP contribution is -2.51. The zero-order valence-corrected chi connectivity index (χ0v) is 15.6. The summed E-state index contributed by atoms with van der Waals surface area (Å²) in [5, 5.41) is 3.19. The summed E-state index contributed by atoms with van der Waals surface area (Å²) in [5.41, 5.74) is 0. The van der Waals surface area contributed by atoms with E-state index in [1.54, 1.807) is 13.4 Å². The van der Waals surface area contributed by atoms with Crippen LogP contribution < -0.4 is 15.0 Å². The monoisotopic (exact) mass is 359 g/mol. The van der Waals surface area contributed by atoms with Crippen molar-refractivity contribution in [2.45, 2.75) is 50.6 Å². The molecule has 0 radical (unpaired) electrons. The van der Waals surface area contributed by atoms with Crippen molar-refractivity contribution in [1.82, 2.24) is 20.2 Å². The third kappa shape index (κ3) is 4.09. The zero-order chi connectivity index (χ0) is 17.9. The van der Waals surface area contributed by atoms with Gasteiger partial charge in [0.15, 0.2) is 0 Å². The molecule has 1 amide bonds. The number of likely N-dealkylation sites (tertiary alicyclic amines) is 1. The molecular weight excluding hydrogens is 330 g/mol. The van der Waals surface area contributed by atoms with Gasteiger partial charge in [-0.05, 0) is 45.1 Å². The summed E-state index contributed by atoms with van der Waals surface area (Å²) in [6.45, 7) is 4.02. The van der Waals surface area contributed by atoms with E-state index in [-0.39, 0.29) is 11.8 Å². The minimum atomic E-state index is 0.175. The molecule has 0 aromatic carbocycles. The lowest BCUT2D eigenvalue weighted by molar-refractivity contribution is -0.127. The third-order valence-electron chi connectivity index (χ3n) is 5.89. The minimum absolute atomic E-state index is 0.175. The highest BCUT2D eigenvalue weighted by molar-refractivity contribution is 5.79. The molecule has 1 aliphatic carbocycles. The molecule has 3 aliphatic rings. The zero-order valence-electron chi connectivity index (χ0n) is 15.6. The Morgan fingerprint density at radius 1 is 1.15 bits per heavy atom. The Labute approximate surface area is 155 Å². The van der Waals surface area contributed by atoms with Crippen molar-refractivity contribution >= 4 is 11.7 Å². The average Bonchev–Trinajstić information content (AvgIpc) is 3.52. The fourth-order valence-corrected chi connectivity index (χ4v) is 4.17. The number of anilines is 1. The number of ether oxygens (including phenoxy) is 1. The molecule has 1 atom stereocenters. The molecule has 7 nitrogen and oxygen atoms in total. The van der Waals surface area contributed by atoms with Gasteiger partial charge in [0.2, 0.25) is 11.8 Å². The molecule has 1 aromatic heterocycles. The molecule has 2 saturated heterocycles. The third-order valence-corrected chi connectivity index (χ3v) is 5.89. The van der Waals surface area contributed by atoms with Gasteiger partial charge in [-0.1, -0.05) is 0 Å². The number of nitrogens with one attached hydrogen (secondary N) is 1. The number of piperidine rings is 2. The lowest BCUT2D eigenvalue weighted by Gasteiger charge is -2.42. The summed E-state index contributed by atoms with van der Waals surface area (Å²) in [7, 11) is 1.63. The van der Waals surface area contributed by atoms with E-state index in [4.69, 9.17) is 4.74 Å². The Kier molecular flexibility index (Phi) is 5.24. The quantitative estimate of drug-likeness (QED) is 0.858. The molecule has 1 N–H and O–H groups in total. The Hall–Kier alpha value is -1.89. The summed E-state index contributed by atoms with van der Waals surface area (Å²) in [6.07, 6.45) is 8.28. The van der Waals surface area contributed by atoms with Gasteiger partial charge in [-0.3, -0.25) is 9.69 Å². The Balaban J connectivity index is 1.30. The van der Waals surface area contributed by atoms with E-state index >= 15 is 0 Å². The second-order valence-electron chi connectivity index (χ2n) is 7.75. The van der Waals surface area contributed by atoms with Gasteiger partial charge in [-0.2, -0.15) is 0 Å². The molecule has 0 unspecified atom stereocenters. The molecule has 1 saturated carbocycles. The van der Waals surface area contributed by atoms with E-state index in [0.29, 0.717) is 18.0 Å². The van der Waals surface area contributed by atoms with E-state index in [1.165, 1.54) is 0 Å². The van der Waals surface area contributed by atoms with Crippen LogP contribution in [0.1, 0.15) is 38.5 Å². The fraction of sp³-hybridized carbons (Fsp3) is 0.737. The summed E-state index contributed by atoms with van der Waals surface area (Å²) >= 11 is 0. The highest BCUT2D eigenvalue weighted by Gasteiger charge is 2.33. The van der Waals surface area contributed by atoms with Gasteiger partial charge < -0.3 is 15.0 Å². The molecule has 1 aromatic rings. The van der Waals surface area contributed by atoms with E-state index in [1.807, 2.05) is 6.07 Å². The highest BCUT2D eigenvalue weighted by Crippen LogP contribution is 2.27. The van der Waals surface area contributed by atoms with Crippen molar-refractivity contribution < 1.29 is 9.53 Å². The molecule has 2 aliphatic heterocycles. The van der Waals surface area contributed by atoms with Gasteiger partial charge in [-0.25, -0.2) is 9.97 Å². The van der Waals surface area contributed by atoms with Crippen LogP contribution in [0.3, 0.4) is 0 Å². The number of carbonyl (C=O) groups excluding carboxylic acids is 1. The lowest BCUT2D eigenvalue weighted by atomic mass is 9.93. The molecular formula is C19H29N5O2. The Morgan fingerprint density at radius 2 is 1.96 bits per heavy atom.